The molecule has 2 aromatic carbocycles. The first-order chi connectivity index (χ1) is 16.4. The monoisotopic (exact) mass is 547 g/mol. The van der Waals surface area contributed by atoms with Crippen LogP contribution in [0.25, 0.3) is 0 Å². The summed E-state index contributed by atoms with van der Waals surface area (Å²) in [7, 11) is 3.27. The van der Waals surface area contributed by atoms with Gasteiger partial charge in [0.05, 0.1) is 18.0 Å². The van der Waals surface area contributed by atoms with Gasteiger partial charge < -0.3 is 20.1 Å². The molecule has 0 heterocycles. The lowest BCUT2D eigenvalue weighted by atomic mass is 10.1. The Hall–Kier alpha value is -2.06. The van der Waals surface area contributed by atoms with E-state index in [0.29, 0.717) is 46.4 Å². The number of amides is 2. The van der Waals surface area contributed by atoms with E-state index in [1.165, 1.54) is 7.11 Å². The molecular formula is C22H24F3N3O4S3. The van der Waals surface area contributed by atoms with Gasteiger partial charge in [0.2, 0.25) is 5.91 Å². The number of hydrogen-bond donors (Lipinski definition) is 5. The fourth-order valence-electron chi connectivity index (χ4n) is 3.46. The number of carbonyl (C=O) groups excluding carboxylic acids is 2. The highest BCUT2D eigenvalue weighted by atomic mass is 32.1. The van der Waals surface area contributed by atoms with E-state index in [4.69, 9.17) is 4.74 Å². The molecule has 1 fully saturated rings. The summed E-state index contributed by atoms with van der Waals surface area (Å²) >= 11 is 12.8. The van der Waals surface area contributed by atoms with Gasteiger partial charge in [-0.05, 0) is 50.2 Å². The van der Waals surface area contributed by atoms with Crippen LogP contribution in [0, 0.1) is 0 Å². The normalized spacial score (nSPS) is 14.5. The summed E-state index contributed by atoms with van der Waals surface area (Å²) in [6.07, 6.45) is -3.93. The summed E-state index contributed by atoms with van der Waals surface area (Å²) in [5.74, 6) is -1.78. The van der Waals surface area contributed by atoms with Gasteiger partial charge in [-0.3, -0.25) is 14.5 Å². The zero-order valence-corrected chi connectivity index (χ0v) is 21.5. The Balaban J connectivity index is 1.88. The third-order valence-corrected chi connectivity index (χ3v) is 6.82. The zero-order chi connectivity index (χ0) is 26.0. The van der Waals surface area contributed by atoms with E-state index in [9.17, 15) is 22.8 Å². The molecule has 2 aromatic rings. The molecule has 0 saturated heterocycles. The number of nitrogens with one attached hydrogen (secondary N) is 2. The average molecular weight is 548 g/mol. The molecule has 1 aliphatic carbocycles. The number of alkyl halides is 3. The molecule has 3 rings (SSSR count). The average Bonchev–Trinajstić information content (AvgIpc) is 3.58. The summed E-state index contributed by atoms with van der Waals surface area (Å²) in [6, 6.07) is 6.46. The number of benzene rings is 2. The van der Waals surface area contributed by atoms with E-state index in [-0.39, 0.29) is 11.3 Å². The first-order valence-electron chi connectivity index (χ1n) is 10.3. The maximum Gasteiger partial charge on any atom is 0.573 e. The lowest BCUT2D eigenvalue weighted by Crippen LogP contribution is -2.45. The second-order valence-corrected chi connectivity index (χ2v) is 9.42. The molecular weight excluding hydrogens is 523 g/mol. The first-order valence-corrected chi connectivity index (χ1v) is 11.7. The van der Waals surface area contributed by atoms with Gasteiger partial charge in [0.25, 0.3) is 5.91 Å². The molecule has 0 spiro atoms. The van der Waals surface area contributed by atoms with E-state index in [1.54, 1.807) is 24.1 Å². The molecule has 190 valence electrons. The van der Waals surface area contributed by atoms with Gasteiger partial charge in [-0.15, -0.1) is 51.1 Å². The molecule has 0 atom stereocenters. The van der Waals surface area contributed by atoms with E-state index < -0.39 is 29.5 Å². The highest BCUT2D eigenvalue weighted by molar-refractivity contribution is 7.83. The maximum absolute atomic E-state index is 13.1. The van der Waals surface area contributed by atoms with Crippen molar-refractivity contribution in [3.05, 3.63) is 35.9 Å². The van der Waals surface area contributed by atoms with Crippen molar-refractivity contribution in [1.82, 2.24) is 4.90 Å². The van der Waals surface area contributed by atoms with Crippen LogP contribution in [0.1, 0.15) is 23.2 Å². The van der Waals surface area contributed by atoms with Crippen molar-refractivity contribution in [3.8, 4) is 5.75 Å². The minimum absolute atomic E-state index is 0.00887. The molecule has 1 aliphatic rings. The van der Waals surface area contributed by atoms with Crippen molar-refractivity contribution in [1.29, 1.82) is 0 Å². The van der Waals surface area contributed by atoms with Crippen molar-refractivity contribution in [2.24, 2.45) is 0 Å². The Labute approximate surface area is 217 Å². The van der Waals surface area contributed by atoms with E-state index in [0.717, 1.165) is 18.2 Å². The molecule has 2 N–H and O–H groups in total. The second-order valence-electron chi connectivity index (χ2n) is 7.97. The zero-order valence-electron chi connectivity index (χ0n) is 18.8. The lowest BCUT2D eigenvalue weighted by Gasteiger charge is -2.27. The van der Waals surface area contributed by atoms with Gasteiger partial charge in [0.1, 0.15) is 5.54 Å². The fraction of sp³-hybridized carbons (Fsp3) is 0.364. The third-order valence-electron chi connectivity index (χ3n) is 5.55. The number of halogens is 3. The van der Waals surface area contributed by atoms with Crippen molar-refractivity contribution >= 4 is 61.1 Å². The number of hydrogen-bond acceptors (Lipinski definition) is 8. The van der Waals surface area contributed by atoms with Crippen LogP contribution in [0.2, 0.25) is 0 Å². The van der Waals surface area contributed by atoms with Crippen LogP contribution < -0.4 is 15.4 Å². The van der Waals surface area contributed by atoms with E-state index in [2.05, 4.69) is 53.3 Å². The van der Waals surface area contributed by atoms with E-state index in [1.807, 2.05) is 0 Å². The van der Waals surface area contributed by atoms with Crippen LogP contribution >= 0.6 is 37.9 Å². The fourth-order valence-corrected chi connectivity index (χ4v) is 4.26. The van der Waals surface area contributed by atoms with Gasteiger partial charge in [-0.25, -0.2) is 0 Å². The summed E-state index contributed by atoms with van der Waals surface area (Å²) in [6.45, 7) is 0.847. The molecule has 0 bridgehead atoms. The number of rotatable bonds is 9. The summed E-state index contributed by atoms with van der Waals surface area (Å²) in [5.41, 5.74) is -0.849. The predicted octanol–water partition coefficient (Wildman–Crippen LogP) is 4.75. The number of likely N-dealkylation sites (N-methyl/N-ethyl adjacent to an activating group) is 1. The highest BCUT2D eigenvalue weighted by Crippen LogP contribution is 2.43. The summed E-state index contributed by atoms with van der Waals surface area (Å²) < 4.78 is 48.1. The van der Waals surface area contributed by atoms with Crippen LogP contribution in [0.3, 0.4) is 0 Å². The summed E-state index contributed by atoms with van der Waals surface area (Å²) in [5, 5.41) is 5.15. The van der Waals surface area contributed by atoms with Gasteiger partial charge in [0.15, 0.2) is 5.75 Å². The van der Waals surface area contributed by atoms with Crippen LogP contribution in [-0.4, -0.2) is 55.9 Å². The molecule has 2 amide bonds. The molecule has 0 radical (unpaired) electrons. The number of nitrogens with zero attached hydrogens (tertiary/aromatic N) is 1. The van der Waals surface area contributed by atoms with Crippen LogP contribution in [0.5, 0.6) is 5.75 Å². The number of ether oxygens (including phenoxy) is 2. The molecule has 13 heteroatoms. The molecule has 0 aliphatic heterocycles. The summed E-state index contributed by atoms with van der Waals surface area (Å²) in [4.78, 5) is 29.1. The second kappa shape index (κ2) is 10.9. The third kappa shape index (κ3) is 6.79. The minimum atomic E-state index is -4.99. The molecule has 0 unspecified atom stereocenters. The van der Waals surface area contributed by atoms with Crippen molar-refractivity contribution in [3.63, 3.8) is 0 Å². The van der Waals surface area contributed by atoms with Crippen molar-refractivity contribution in [2.45, 2.75) is 39.4 Å². The lowest BCUT2D eigenvalue weighted by molar-refractivity contribution is -0.274. The van der Waals surface area contributed by atoms with Crippen molar-refractivity contribution in [2.75, 3.05) is 37.9 Å². The standard InChI is InChI=1S/C22H24F3N3O4S3/c1-28(7-8-31-2)21(5-6-21)20(30)27-14-9-12(3-4-16(14)32-22(23,24)25)19(29)26-15-10-13(33)11-17(34)18(15)35/h3-4,9-11,33-35H,5-8H2,1-2H3,(H,26,29)(H,27,30). The quantitative estimate of drug-likeness (QED) is 0.293. The Morgan fingerprint density at radius 2 is 1.77 bits per heavy atom. The first kappa shape index (κ1) is 27.5. The molecule has 0 aromatic heterocycles. The Kier molecular flexibility index (Phi) is 8.58. The Bertz CT molecular complexity index is 1130. The van der Waals surface area contributed by atoms with Crippen LogP contribution in [0.4, 0.5) is 24.5 Å². The SMILES string of the molecule is COCCN(C)C1(C(=O)Nc2cc(C(=O)Nc3cc(S)cc(S)c3S)ccc2OC(F)(F)F)CC1. The van der Waals surface area contributed by atoms with Crippen LogP contribution in [-0.2, 0) is 9.53 Å². The Morgan fingerprint density at radius 3 is 2.37 bits per heavy atom. The van der Waals surface area contributed by atoms with Gasteiger partial charge in [0, 0.05) is 33.9 Å². The minimum Gasteiger partial charge on any atom is -0.404 e. The maximum atomic E-state index is 13.1. The highest BCUT2D eigenvalue weighted by Gasteiger charge is 2.53. The molecule has 7 nitrogen and oxygen atoms in total. The Morgan fingerprint density at radius 1 is 1.09 bits per heavy atom. The van der Waals surface area contributed by atoms with Gasteiger partial charge in [-0.1, -0.05) is 0 Å². The topological polar surface area (TPSA) is 79.9 Å². The molecule has 35 heavy (non-hydrogen) atoms. The smallest absolute Gasteiger partial charge is 0.404 e. The molecule has 1 saturated carbocycles. The predicted molar refractivity (Wildman–Crippen MR) is 134 cm³/mol. The largest absolute Gasteiger partial charge is 0.573 e. The van der Waals surface area contributed by atoms with Gasteiger partial charge in [-0.2, -0.15) is 0 Å². The number of carbonyl (C=O) groups is 2. The van der Waals surface area contributed by atoms with Crippen molar-refractivity contribution < 1.29 is 32.2 Å². The van der Waals surface area contributed by atoms with Gasteiger partial charge >= 0.3 is 6.36 Å². The number of anilines is 2. The van der Waals surface area contributed by atoms with Crippen LogP contribution in [0.15, 0.2) is 45.0 Å². The number of methoxy groups -OCH3 is 1. The van der Waals surface area contributed by atoms with E-state index >= 15 is 0 Å². The number of thiol groups is 3.